The van der Waals surface area contributed by atoms with Gasteiger partial charge in [0.15, 0.2) is 0 Å². The molecule has 2 aromatic carbocycles. The monoisotopic (exact) mass is 268 g/mol. The van der Waals surface area contributed by atoms with E-state index in [1.54, 1.807) is 24.3 Å². The Hall–Kier alpha value is -2.18. The van der Waals surface area contributed by atoms with Crippen LogP contribution in [0.25, 0.3) is 0 Å². The lowest BCUT2D eigenvalue weighted by Gasteiger charge is -2.17. The van der Waals surface area contributed by atoms with E-state index in [4.69, 9.17) is 5.26 Å². The van der Waals surface area contributed by atoms with Crippen molar-refractivity contribution in [1.82, 2.24) is 5.32 Å². The third kappa shape index (κ3) is 3.66. The molecule has 2 nitrogen and oxygen atoms in total. The van der Waals surface area contributed by atoms with Gasteiger partial charge in [-0.15, -0.1) is 0 Å². The Morgan fingerprint density at radius 1 is 1.20 bits per heavy atom. The molecule has 0 aliphatic rings. The van der Waals surface area contributed by atoms with E-state index in [-0.39, 0.29) is 11.9 Å². The normalized spacial score (nSPS) is 11.8. The fraction of sp³-hybridized carbons (Fsp3) is 0.235. The number of nitrogens with one attached hydrogen (secondary N) is 1. The van der Waals surface area contributed by atoms with Gasteiger partial charge in [0.1, 0.15) is 5.82 Å². The second-order valence-corrected chi connectivity index (χ2v) is 4.71. The van der Waals surface area contributed by atoms with Crippen molar-refractivity contribution >= 4 is 0 Å². The largest absolute Gasteiger partial charge is 0.306 e. The van der Waals surface area contributed by atoms with Gasteiger partial charge in [0.05, 0.1) is 11.6 Å². The van der Waals surface area contributed by atoms with Crippen LogP contribution < -0.4 is 5.32 Å². The van der Waals surface area contributed by atoms with E-state index in [0.29, 0.717) is 12.1 Å². The van der Waals surface area contributed by atoms with Crippen LogP contribution in [0.3, 0.4) is 0 Å². The lowest BCUT2D eigenvalue weighted by atomic mass is 10.0. The van der Waals surface area contributed by atoms with Gasteiger partial charge in [0.25, 0.3) is 0 Å². The Morgan fingerprint density at radius 3 is 2.55 bits per heavy atom. The minimum absolute atomic E-state index is 0.126. The Bertz CT molecular complexity index is 599. The van der Waals surface area contributed by atoms with Crippen LogP contribution in [0.15, 0.2) is 48.5 Å². The summed E-state index contributed by atoms with van der Waals surface area (Å²) < 4.78 is 13.3. The molecule has 0 fully saturated rings. The summed E-state index contributed by atoms with van der Waals surface area (Å²) in [4.78, 5) is 0. The van der Waals surface area contributed by atoms with E-state index < -0.39 is 0 Å². The second kappa shape index (κ2) is 6.83. The predicted molar refractivity (Wildman–Crippen MR) is 77.4 cm³/mol. The van der Waals surface area contributed by atoms with Crippen molar-refractivity contribution in [2.24, 2.45) is 0 Å². The van der Waals surface area contributed by atoms with Crippen molar-refractivity contribution < 1.29 is 4.39 Å². The van der Waals surface area contributed by atoms with Gasteiger partial charge in [-0.25, -0.2) is 4.39 Å². The molecule has 1 atom stereocenters. The van der Waals surface area contributed by atoms with Gasteiger partial charge in [-0.1, -0.05) is 31.2 Å². The van der Waals surface area contributed by atoms with Gasteiger partial charge in [0, 0.05) is 12.6 Å². The van der Waals surface area contributed by atoms with Crippen LogP contribution >= 0.6 is 0 Å². The molecule has 0 aromatic heterocycles. The van der Waals surface area contributed by atoms with E-state index in [2.05, 4.69) is 18.3 Å². The first-order valence-corrected chi connectivity index (χ1v) is 6.71. The fourth-order valence-electron chi connectivity index (χ4n) is 2.16. The molecule has 2 rings (SSSR count). The van der Waals surface area contributed by atoms with Crippen LogP contribution in [0.4, 0.5) is 4.39 Å². The summed E-state index contributed by atoms with van der Waals surface area (Å²) in [6.45, 7) is 2.77. The molecule has 3 heteroatoms. The highest BCUT2D eigenvalue weighted by molar-refractivity contribution is 5.31. The summed E-state index contributed by atoms with van der Waals surface area (Å²) in [6.07, 6.45) is 0.889. The molecule has 0 saturated heterocycles. The van der Waals surface area contributed by atoms with Crippen LogP contribution in [0.5, 0.6) is 0 Å². The predicted octanol–water partition coefficient (Wildman–Crippen LogP) is 3.94. The lowest BCUT2D eigenvalue weighted by molar-refractivity contribution is 0.514. The highest BCUT2D eigenvalue weighted by Crippen LogP contribution is 2.18. The lowest BCUT2D eigenvalue weighted by Crippen LogP contribution is -2.20. The first-order chi connectivity index (χ1) is 9.72. The molecule has 0 amide bonds. The van der Waals surface area contributed by atoms with Crippen LogP contribution in [0.2, 0.25) is 0 Å². The third-order valence-corrected chi connectivity index (χ3v) is 3.29. The van der Waals surface area contributed by atoms with Gasteiger partial charge in [-0.3, -0.25) is 0 Å². The number of nitrogens with zero attached hydrogens (tertiary/aromatic N) is 1. The number of benzene rings is 2. The van der Waals surface area contributed by atoms with Crippen molar-refractivity contribution in [2.45, 2.75) is 25.9 Å². The Kier molecular flexibility index (Phi) is 4.86. The molecular weight excluding hydrogens is 251 g/mol. The second-order valence-electron chi connectivity index (χ2n) is 4.71. The Balaban J connectivity index is 2.02. The average molecular weight is 268 g/mol. The number of nitriles is 1. The minimum atomic E-state index is -0.207. The molecule has 1 N–H and O–H groups in total. The summed E-state index contributed by atoms with van der Waals surface area (Å²) in [5.41, 5.74) is 2.73. The van der Waals surface area contributed by atoms with E-state index >= 15 is 0 Å². The maximum atomic E-state index is 13.3. The Labute approximate surface area is 118 Å². The molecule has 1 unspecified atom stereocenters. The number of hydrogen-bond acceptors (Lipinski definition) is 2. The zero-order valence-electron chi connectivity index (χ0n) is 11.4. The smallest absolute Gasteiger partial charge is 0.123 e. The van der Waals surface area contributed by atoms with E-state index in [1.807, 2.05) is 18.2 Å². The van der Waals surface area contributed by atoms with Crippen molar-refractivity contribution in [3.63, 3.8) is 0 Å². The number of hydrogen-bond donors (Lipinski definition) is 1. The van der Waals surface area contributed by atoms with Crippen molar-refractivity contribution in [1.29, 1.82) is 5.26 Å². The molecule has 0 saturated carbocycles. The van der Waals surface area contributed by atoms with E-state index in [0.717, 1.165) is 17.5 Å². The average Bonchev–Trinajstić information content (AvgIpc) is 2.48. The topological polar surface area (TPSA) is 35.8 Å². The van der Waals surface area contributed by atoms with E-state index in [1.165, 1.54) is 6.07 Å². The van der Waals surface area contributed by atoms with Gasteiger partial charge in [0.2, 0.25) is 0 Å². The summed E-state index contributed by atoms with van der Waals surface area (Å²) in [5, 5.41) is 12.2. The molecule has 0 spiro atoms. The molecule has 2 aromatic rings. The van der Waals surface area contributed by atoms with Crippen LogP contribution in [0, 0.1) is 17.1 Å². The molecule has 0 aliphatic heterocycles. The van der Waals surface area contributed by atoms with E-state index in [9.17, 15) is 4.39 Å². The quantitative estimate of drug-likeness (QED) is 0.891. The first-order valence-electron chi connectivity index (χ1n) is 6.71. The summed E-state index contributed by atoms with van der Waals surface area (Å²) >= 11 is 0. The molecule has 0 heterocycles. The van der Waals surface area contributed by atoms with Crippen LogP contribution in [-0.4, -0.2) is 0 Å². The number of rotatable bonds is 5. The Morgan fingerprint density at radius 2 is 1.95 bits per heavy atom. The third-order valence-electron chi connectivity index (χ3n) is 3.29. The van der Waals surface area contributed by atoms with Crippen LogP contribution in [-0.2, 0) is 6.54 Å². The van der Waals surface area contributed by atoms with Gasteiger partial charge in [-0.05, 0) is 41.8 Å². The SMILES string of the molecule is CCC(NCc1ccc(C#N)cc1)c1cccc(F)c1. The highest BCUT2D eigenvalue weighted by atomic mass is 19.1. The zero-order valence-corrected chi connectivity index (χ0v) is 11.4. The zero-order chi connectivity index (χ0) is 14.4. The molecular formula is C17H17FN2. The highest BCUT2D eigenvalue weighted by Gasteiger charge is 2.09. The molecule has 0 bridgehead atoms. The van der Waals surface area contributed by atoms with Gasteiger partial charge in [-0.2, -0.15) is 5.26 Å². The fourth-order valence-corrected chi connectivity index (χ4v) is 2.16. The molecule has 102 valence electrons. The number of halogens is 1. The minimum Gasteiger partial charge on any atom is -0.306 e. The first kappa shape index (κ1) is 14.2. The van der Waals surface area contributed by atoms with Crippen molar-refractivity contribution in [3.8, 4) is 6.07 Å². The summed E-state index contributed by atoms with van der Waals surface area (Å²) in [7, 11) is 0. The summed E-state index contributed by atoms with van der Waals surface area (Å²) in [5.74, 6) is -0.207. The van der Waals surface area contributed by atoms with Crippen LogP contribution in [0.1, 0.15) is 36.1 Å². The van der Waals surface area contributed by atoms with Crippen molar-refractivity contribution in [2.75, 3.05) is 0 Å². The standard InChI is InChI=1S/C17H17FN2/c1-2-17(15-4-3-5-16(18)10-15)20-12-14-8-6-13(11-19)7-9-14/h3-10,17,20H,2,12H2,1H3. The molecule has 0 aliphatic carbocycles. The molecule has 20 heavy (non-hydrogen) atoms. The van der Waals surface area contributed by atoms with Gasteiger partial charge >= 0.3 is 0 Å². The van der Waals surface area contributed by atoms with Gasteiger partial charge < -0.3 is 5.32 Å². The molecule has 0 radical (unpaired) electrons. The van der Waals surface area contributed by atoms with Crippen molar-refractivity contribution in [3.05, 3.63) is 71.0 Å². The summed E-state index contributed by atoms with van der Waals surface area (Å²) in [6, 6.07) is 16.4. The maximum absolute atomic E-state index is 13.3. The maximum Gasteiger partial charge on any atom is 0.123 e.